The molecule has 3 aromatic carbocycles. The maximum absolute atomic E-state index is 13.5. The topological polar surface area (TPSA) is 101 Å². The lowest BCUT2D eigenvalue weighted by molar-refractivity contribution is -0.116. The molecule has 2 amide bonds. The third-order valence-corrected chi connectivity index (χ3v) is 9.79. The monoisotopic (exact) mass is 570 g/mol. The lowest BCUT2D eigenvalue weighted by atomic mass is 10.1. The molecule has 0 fully saturated rings. The molecule has 0 radical (unpaired) electrons. The van der Waals surface area contributed by atoms with Crippen molar-refractivity contribution in [3.8, 4) is 5.69 Å². The average molecular weight is 571 g/mol. The minimum Gasteiger partial charge on any atom is -0.320 e. The van der Waals surface area contributed by atoms with E-state index < -0.39 is 27.4 Å². The van der Waals surface area contributed by atoms with E-state index in [2.05, 4.69) is 10.4 Å². The molecule has 8 nitrogen and oxygen atoms in total. The lowest BCUT2D eigenvalue weighted by Crippen LogP contribution is -2.39. The molecule has 5 aromatic rings. The van der Waals surface area contributed by atoms with E-state index >= 15 is 0 Å². The maximum Gasteiger partial charge on any atom is 0.265 e. The molecule has 0 aliphatic carbocycles. The first kappa shape index (κ1) is 26.0. The summed E-state index contributed by atoms with van der Waals surface area (Å²) in [5.74, 6) is -1.63. The quantitative estimate of drug-likeness (QED) is 0.295. The van der Waals surface area contributed by atoms with Crippen LogP contribution in [0.15, 0.2) is 89.8 Å². The first-order valence-electron chi connectivity index (χ1n) is 12.8. The van der Waals surface area contributed by atoms with Crippen LogP contribution in [0.5, 0.6) is 0 Å². The predicted octanol–water partition coefficient (Wildman–Crippen LogP) is 5.40. The number of carbonyl (C=O) groups is 2. The summed E-state index contributed by atoms with van der Waals surface area (Å²) in [6.07, 6.45) is 0.672. The highest BCUT2D eigenvalue weighted by Gasteiger charge is 2.34. The van der Waals surface area contributed by atoms with Gasteiger partial charge >= 0.3 is 0 Å². The van der Waals surface area contributed by atoms with Gasteiger partial charge in [-0.3, -0.25) is 9.59 Å². The van der Waals surface area contributed by atoms with Gasteiger partial charge in [-0.05, 0) is 62.2 Å². The van der Waals surface area contributed by atoms with Crippen LogP contribution < -0.4 is 10.2 Å². The normalized spacial score (nSPS) is 14.8. The molecule has 1 atom stereocenters. The summed E-state index contributed by atoms with van der Waals surface area (Å²) in [6.45, 7) is 3.79. The molecule has 1 aliphatic rings. The van der Waals surface area contributed by atoms with E-state index in [4.69, 9.17) is 0 Å². The van der Waals surface area contributed by atoms with Gasteiger partial charge in [-0.2, -0.15) is 5.10 Å². The Balaban J connectivity index is 1.26. The van der Waals surface area contributed by atoms with E-state index in [1.165, 1.54) is 23.5 Å². The Labute approximate surface area is 235 Å². The molecule has 3 heterocycles. The Kier molecular flexibility index (Phi) is 6.52. The molecule has 202 valence electrons. The van der Waals surface area contributed by atoms with Gasteiger partial charge < -0.3 is 10.2 Å². The van der Waals surface area contributed by atoms with Crippen LogP contribution in [0.1, 0.15) is 27.9 Å². The van der Waals surface area contributed by atoms with Crippen LogP contribution in [-0.4, -0.2) is 41.8 Å². The van der Waals surface area contributed by atoms with Gasteiger partial charge in [0.25, 0.3) is 5.91 Å². The van der Waals surface area contributed by atoms with Crippen molar-refractivity contribution >= 4 is 54.6 Å². The smallest absolute Gasteiger partial charge is 0.265 e. The van der Waals surface area contributed by atoms with Crippen LogP contribution in [0.25, 0.3) is 15.9 Å². The number of fused-ring (bicyclic) bond motifs is 2. The number of anilines is 2. The number of aryl methyl sites for hydroxylation is 1. The van der Waals surface area contributed by atoms with Crippen molar-refractivity contribution < 1.29 is 18.0 Å². The number of carbonyl (C=O) groups excluding carboxylic acids is 2. The minimum absolute atomic E-state index is 0.0930. The zero-order chi connectivity index (χ0) is 28.0. The lowest BCUT2D eigenvalue weighted by Gasteiger charge is -2.23. The van der Waals surface area contributed by atoms with Gasteiger partial charge in [-0.25, -0.2) is 13.1 Å². The molecule has 6 rings (SSSR count). The fourth-order valence-electron chi connectivity index (χ4n) is 5.18. The van der Waals surface area contributed by atoms with Crippen LogP contribution in [0, 0.1) is 6.92 Å². The Bertz CT molecular complexity index is 1880. The van der Waals surface area contributed by atoms with Gasteiger partial charge in [0.1, 0.15) is 10.6 Å². The third-order valence-electron chi connectivity index (χ3n) is 7.03. The number of nitrogens with zero attached hydrogens (tertiary/aromatic N) is 3. The van der Waals surface area contributed by atoms with Crippen LogP contribution in [0.4, 0.5) is 11.4 Å². The van der Waals surface area contributed by atoms with Crippen molar-refractivity contribution in [3.05, 3.63) is 101 Å². The van der Waals surface area contributed by atoms with Gasteiger partial charge in [0, 0.05) is 17.1 Å². The Hall–Kier alpha value is -4.28. The van der Waals surface area contributed by atoms with Crippen molar-refractivity contribution in [3.63, 3.8) is 0 Å². The fraction of sp³-hybridized carbons (Fsp3) is 0.167. The van der Waals surface area contributed by atoms with E-state index in [9.17, 15) is 18.0 Å². The summed E-state index contributed by atoms with van der Waals surface area (Å²) < 4.78 is 28.8. The first-order chi connectivity index (χ1) is 19.2. The molecular formula is C30H26N4O4S2. The van der Waals surface area contributed by atoms with E-state index in [0.717, 1.165) is 32.8 Å². The van der Waals surface area contributed by atoms with E-state index in [1.807, 2.05) is 68.4 Å². The predicted molar refractivity (Wildman–Crippen MR) is 157 cm³/mol. The van der Waals surface area contributed by atoms with E-state index in [-0.39, 0.29) is 16.6 Å². The molecule has 1 N–H and O–H groups in total. The van der Waals surface area contributed by atoms with E-state index in [0.29, 0.717) is 11.3 Å². The van der Waals surface area contributed by atoms with Gasteiger partial charge in [-0.15, -0.1) is 11.3 Å². The van der Waals surface area contributed by atoms with Crippen LogP contribution in [0.2, 0.25) is 0 Å². The van der Waals surface area contributed by atoms with E-state index in [1.54, 1.807) is 27.8 Å². The Morgan fingerprint density at radius 1 is 1.00 bits per heavy atom. The molecule has 0 saturated carbocycles. The molecule has 2 aromatic heterocycles. The highest BCUT2D eigenvalue weighted by molar-refractivity contribution is 7.92. The molecule has 0 saturated heterocycles. The number of hydrogen-bond acceptors (Lipinski definition) is 6. The van der Waals surface area contributed by atoms with Gasteiger partial charge in [0.2, 0.25) is 5.91 Å². The summed E-state index contributed by atoms with van der Waals surface area (Å²) >= 11 is 1.28. The highest BCUT2D eigenvalue weighted by atomic mass is 32.2. The number of nitrogens with one attached hydrogen (secondary N) is 1. The molecule has 10 heteroatoms. The molecule has 0 bridgehead atoms. The summed E-state index contributed by atoms with van der Waals surface area (Å²) in [4.78, 5) is 29.3. The minimum atomic E-state index is -4.06. The number of para-hydroxylation sites is 3. The zero-order valence-corrected chi connectivity index (χ0v) is 23.5. The SMILES string of the molecule is Cc1nn(-c2ccccc2)c2sc(C(=O)Nc3ccccc3S(=O)(=O)CC(=O)N3c4ccccc4C[C@H]3C)cc12. The summed E-state index contributed by atoms with van der Waals surface area (Å²) in [7, 11) is -4.06. The second-order valence-corrected chi connectivity index (χ2v) is 12.8. The van der Waals surface area contributed by atoms with Crippen molar-refractivity contribution in [1.29, 1.82) is 0 Å². The van der Waals surface area contributed by atoms with Crippen molar-refractivity contribution in [1.82, 2.24) is 9.78 Å². The number of rotatable bonds is 6. The summed E-state index contributed by atoms with van der Waals surface area (Å²) in [6, 6.07) is 25.0. The maximum atomic E-state index is 13.5. The average Bonchev–Trinajstić information content (AvgIpc) is 3.61. The fourth-order valence-corrected chi connectivity index (χ4v) is 7.62. The number of sulfone groups is 1. The Morgan fingerprint density at radius 3 is 2.50 bits per heavy atom. The van der Waals surface area contributed by atoms with Gasteiger partial charge in [0.05, 0.1) is 26.8 Å². The number of benzene rings is 3. The second-order valence-electron chi connectivity index (χ2n) is 9.82. The van der Waals surface area contributed by atoms with Gasteiger partial charge in [0.15, 0.2) is 9.84 Å². The standard InChI is InChI=1S/C30H26N4O4S2/c1-19-16-21-10-6-8-14-25(21)33(19)28(35)18-40(37,38)27-15-9-7-13-24(27)31-29(36)26-17-23-20(2)32-34(30(23)39-26)22-11-4-3-5-12-22/h3-15,17,19H,16,18H2,1-2H3,(H,31,36)/t19-/m1/s1. The van der Waals surface area contributed by atoms with Crippen molar-refractivity contribution in [2.24, 2.45) is 0 Å². The molecule has 0 spiro atoms. The van der Waals surface area contributed by atoms with Gasteiger partial charge in [-0.1, -0.05) is 48.5 Å². The van der Waals surface area contributed by atoms with Crippen LogP contribution in [0.3, 0.4) is 0 Å². The summed E-state index contributed by atoms with van der Waals surface area (Å²) in [5, 5.41) is 8.23. The first-order valence-corrected chi connectivity index (χ1v) is 15.3. The number of aromatic nitrogens is 2. The number of hydrogen-bond donors (Lipinski definition) is 1. The molecule has 0 unspecified atom stereocenters. The Morgan fingerprint density at radius 2 is 1.70 bits per heavy atom. The van der Waals surface area contributed by atoms with Crippen LogP contribution in [-0.2, 0) is 21.1 Å². The number of amides is 2. The largest absolute Gasteiger partial charge is 0.320 e. The second kappa shape index (κ2) is 10.0. The zero-order valence-electron chi connectivity index (χ0n) is 21.9. The number of thiophene rings is 1. The molecule has 1 aliphatic heterocycles. The summed E-state index contributed by atoms with van der Waals surface area (Å²) in [5.41, 5.74) is 3.56. The highest BCUT2D eigenvalue weighted by Crippen LogP contribution is 2.34. The molecule has 40 heavy (non-hydrogen) atoms. The van der Waals surface area contributed by atoms with Crippen molar-refractivity contribution in [2.45, 2.75) is 31.2 Å². The van der Waals surface area contributed by atoms with Crippen molar-refractivity contribution in [2.75, 3.05) is 16.0 Å². The van der Waals surface area contributed by atoms with Crippen LogP contribution >= 0.6 is 11.3 Å². The molecular weight excluding hydrogens is 544 g/mol. The third kappa shape index (κ3) is 4.59.